The first-order chi connectivity index (χ1) is 13.3. The third-order valence-electron chi connectivity index (χ3n) is 6.11. The summed E-state index contributed by atoms with van der Waals surface area (Å²) in [6.07, 6.45) is 6.18. The zero-order valence-electron chi connectivity index (χ0n) is 17.0. The highest BCUT2D eigenvalue weighted by Crippen LogP contribution is 2.26. The van der Waals surface area contributed by atoms with Crippen LogP contribution >= 0.6 is 0 Å². The van der Waals surface area contributed by atoms with Crippen LogP contribution in [0.4, 0.5) is 8.78 Å². The number of rotatable bonds is 3. The zero-order chi connectivity index (χ0) is 19.9. The molecular formula is C22H30F2N4. The summed E-state index contributed by atoms with van der Waals surface area (Å²) in [4.78, 5) is 7.15. The molecular weight excluding hydrogens is 358 g/mol. The number of hydrogen-bond acceptors (Lipinski definition) is 3. The molecule has 152 valence electrons. The molecule has 0 amide bonds. The van der Waals surface area contributed by atoms with E-state index in [-0.39, 0.29) is 5.54 Å². The Morgan fingerprint density at radius 1 is 1.07 bits per heavy atom. The number of aryl methyl sites for hydroxylation is 1. The summed E-state index contributed by atoms with van der Waals surface area (Å²) in [5, 5.41) is 3.84. The fourth-order valence-electron chi connectivity index (χ4n) is 4.46. The second-order valence-corrected chi connectivity index (χ2v) is 9.15. The highest BCUT2D eigenvalue weighted by atomic mass is 19.1. The van der Waals surface area contributed by atoms with Crippen molar-refractivity contribution in [3.63, 3.8) is 0 Å². The Bertz CT molecular complexity index is 832. The van der Waals surface area contributed by atoms with Crippen LogP contribution in [-0.2, 0) is 13.0 Å². The highest BCUT2D eigenvalue weighted by molar-refractivity contribution is 5.59. The molecule has 1 unspecified atom stereocenters. The number of likely N-dealkylation sites (tertiary alicyclic amines) is 1. The van der Waals surface area contributed by atoms with Crippen LogP contribution in [0.1, 0.15) is 45.9 Å². The molecule has 0 bridgehead atoms. The molecule has 0 spiro atoms. The molecule has 0 saturated carbocycles. The Labute approximate surface area is 166 Å². The summed E-state index contributed by atoms with van der Waals surface area (Å²) in [6.45, 7) is 9.97. The topological polar surface area (TPSA) is 33.1 Å². The molecule has 1 aromatic heterocycles. The lowest BCUT2D eigenvalue weighted by Crippen LogP contribution is -2.52. The predicted octanol–water partition coefficient (Wildman–Crippen LogP) is 4.00. The standard InChI is InChI=1S/C22H30F2N4/c1-22(2,3)28-10-8-16(9-11-28)25-17-5-7-21-26-20(14-27(21)13-17)18-6-4-15(23)12-19(18)24/h4,6,12,14,16-17,25H,5,7-11,13H2,1-3H3. The van der Waals surface area contributed by atoms with E-state index in [1.807, 2.05) is 6.20 Å². The average Bonchev–Trinajstić information content (AvgIpc) is 3.04. The molecule has 1 aromatic carbocycles. The molecule has 2 aliphatic heterocycles. The van der Waals surface area contributed by atoms with E-state index < -0.39 is 11.6 Å². The van der Waals surface area contributed by atoms with Crippen LogP contribution in [0, 0.1) is 11.6 Å². The fourth-order valence-corrected chi connectivity index (χ4v) is 4.46. The number of aromatic nitrogens is 2. The third-order valence-corrected chi connectivity index (χ3v) is 6.11. The average molecular weight is 389 g/mol. The largest absolute Gasteiger partial charge is 0.333 e. The molecule has 3 heterocycles. The van der Waals surface area contributed by atoms with Crippen molar-refractivity contribution in [1.29, 1.82) is 0 Å². The number of hydrogen-bond donors (Lipinski definition) is 1. The molecule has 4 rings (SSSR count). The smallest absolute Gasteiger partial charge is 0.135 e. The first-order valence-electron chi connectivity index (χ1n) is 10.3. The monoisotopic (exact) mass is 388 g/mol. The molecule has 2 aliphatic rings. The lowest BCUT2D eigenvalue weighted by Gasteiger charge is -2.42. The van der Waals surface area contributed by atoms with Gasteiger partial charge in [0.25, 0.3) is 0 Å². The lowest BCUT2D eigenvalue weighted by molar-refractivity contribution is 0.0922. The second kappa shape index (κ2) is 7.56. The van der Waals surface area contributed by atoms with E-state index in [1.165, 1.54) is 25.0 Å². The van der Waals surface area contributed by atoms with Crippen LogP contribution in [-0.4, -0.2) is 45.2 Å². The molecule has 28 heavy (non-hydrogen) atoms. The summed E-state index contributed by atoms with van der Waals surface area (Å²) in [5.74, 6) is -0.137. The van der Waals surface area contributed by atoms with Gasteiger partial charge in [0.2, 0.25) is 0 Å². The van der Waals surface area contributed by atoms with Crippen LogP contribution in [0.25, 0.3) is 11.3 Å². The summed E-state index contributed by atoms with van der Waals surface area (Å²) in [5.41, 5.74) is 1.20. The Morgan fingerprint density at radius 3 is 2.50 bits per heavy atom. The van der Waals surface area contributed by atoms with E-state index in [0.717, 1.165) is 44.4 Å². The minimum atomic E-state index is -0.563. The van der Waals surface area contributed by atoms with E-state index in [4.69, 9.17) is 0 Å². The van der Waals surface area contributed by atoms with E-state index in [2.05, 4.69) is 40.5 Å². The van der Waals surface area contributed by atoms with Gasteiger partial charge in [0.15, 0.2) is 0 Å². The van der Waals surface area contributed by atoms with E-state index in [9.17, 15) is 8.78 Å². The molecule has 0 radical (unpaired) electrons. The summed E-state index contributed by atoms with van der Waals surface area (Å²) >= 11 is 0. The first-order valence-corrected chi connectivity index (χ1v) is 10.3. The Kier molecular flexibility index (Phi) is 5.27. The van der Waals surface area contributed by atoms with Crippen molar-refractivity contribution in [2.75, 3.05) is 13.1 Å². The Balaban J connectivity index is 1.38. The van der Waals surface area contributed by atoms with E-state index >= 15 is 0 Å². The first kappa shape index (κ1) is 19.5. The maximum atomic E-state index is 14.1. The van der Waals surface area contributed by atoms with Gasteiger partial charge >= 0.3 is 0 Å². The SMILES string of the molecule is CC(C)(C)N1CCC(NC2CCc3nc(-c4ccc(F)cc4F)cn3C2)CC1. The molecule has 0 aliphatic carbocycles. The summed E-state index contributed by atoms with van der Waals surface area (Å²) in [6, 6.07) is 4.65. The molecule has 1 fully saturated rings. The van der Waals surface area contributed by atoms with Crippen molar-refractivity contribution in [1.82, 2.24) is 19.8 Å². The van der Waals surface area contributed by atoms with Gasteiger partial charge in [-0.25, -0.2) is 13.8 Å². The van der Waals surface area contributed by atoms with Crippen molar-refractivity contribution in [2.24, 2.45) is 0 Å². The van der Waals surface area contributed by atoms with Crippen molar-refractivity contribution in [2.45, 2.75) is 70.6 Å². The number of piperidine rings is 1. The van der Waals surface area contributed by atoms with Gasteiger partial charge in [0.1, 0.15) is 17.5 Å². The van der Waals surface area contributed by atoms with Crippen LogP contribution < -0.4 is 5.32 Å². The Hall–Kier alpha value is -1.79. The predicted molar refractivity (Wildman–Crippen MR) is 107 cm³/mol. The summed E-state index contributed by atoms with van der Waals surface area (Å²) in [7, 11) is 0. The molecule has 4 nitrogen and oxygen atoms in total. The molecule has 1 atom stereocenters. The van der Waals surface area contributed by atoms with Gasteiger partial charge < -0.3 is 9.88 Å². The minimum Gasteiger partial charge on any atom is -0.333 e. The van der Waals surface area contributed by atoms with Crippen LogP contribution in [0.2, 0.25) is 0 Å². The number of nitrogens with zero attached hydrogens (tertiary/aromatic N) is 3. The highest BCUT2D eigenvalue weighted by Gasteiger charge is 2.29. The maximum absolute atomic E-state index is 14.1. The van der Waals surface area contributed by atoms with Crippen molar-refractivity contribution < 1.29 is 8.78 Å². The van der Waals surface area contributed by atoms with Gasteiger partial charge in [0.05, 0.1) is 5.69 Å². The van der Waals surface area contributed by atoms with Gasteiger partial charge in [-0.05, 0) is 52.2 Å². The Morgan fingerprint density at radius 2 is 1.82 bits per heavy atom. The minimum absolute atomic E-state index is 0.244. The van der Waals surface area contributed by atoms with Gasteiger partial charge in [-0.2, -0.15) is 0 Å². The van der Waals surface area contributed by atoms with Crippen LogP contribution in [0.3, 0.4) is 0 Å². The van der Waals surface area contributed by atoms with Crippen molar-refractivity contribution >= 4 is 0 Å². The number of imidazole rings is 1. The van der Waals surface area contributed by atoms with Gasteiger partial charge in [-0.1, -0.05) is 0 Å². The van der Waals surface area contributed by atoms with Crippen molar-refractivity contribution in [3.8, 4) is 11.3 Å². The molecule has 1 N–H and O–H groups in total. The fraction of sp³-hybridized carbons (Fsp3) is 0.591. The lowest BCUT2D eigenvalue weighted by atomic mass is 9.96. The number of halogens is 2. The van der Waals surface area contributed by atoms with E-state index in [1.54, 1.807) is 0 Å². The third kappa shape index (κ3) is 4.13. The summed E-state index contributed by atoms with van der Waals surface area (Å²) < 4.78 is 29.4. The van der Waals surface area contributed by atoms with Gasteiger partial charge in [-0.15, -0.1) is 0 Å². The number of benzene rings is 1. The van der Waals surface area contributed by atoms with E-state index in [0.29, 0.717) is 23.3 Å². The van der Waals surface area contributed by atoms with Gasteiger partial charge in [0, 0.05) is 61.5 Å². The quantitative estimate of drug-likeness (QED) is 0.863. The number of nitrogens with one attached hydrogen (secondary N) is 1. The molecule has 6 heteroatoms. The molecule has 2 aromatic rings. The molecule has 1 saturated heterocycles. The van der Waals surface area contributed by atoms with Gasteiger partial charge in [-0.3, -0.25) is 4.90 Å². The van der Waals surface area contributed by atoms with Crippen LogP contribution in [0.5, 0.6) is 0 Å². The van der Waals surface area contributed by atoms with Crippen LogP contribution in [0.15, 0.2) is 24.4 Å². The van der Waals surface area contributed by atoms with Crippen molar-refractivity contribution in [3.05, 3.63) is 41.9 Å². The normalized spacial score (nSPS) is 21.7. The maximum Gasteiger partial charge on any atom is 0.135 e. The second-order valence-electron chi connectivity index (χ2n) is 9.15. The zero-order valence-corrected chi connectivity index (χ0v) is 17.0. The number of fused-ring (bicyclic) bond motifs is 1.